The van der Waals surface area contributed by atoms with E-state index in [0.29, 0.717) is 11.3 Å². The predicted octanol–water partition coefficient (Wildman–Crippen LogP) is 2.95. The maximum atomic E-state index is 12.2. The average Bonchev–Trinajstić information content (AvgIpc) is 2.84. The van der Waals surface area contributed by atoms with Gasteiger partial charge in [0.2, 0.25) is 11.8 Å². The van der Waals surface area contributed by atoms with Crippen LogP contribution in [0.1, 0.15) is 35.2 Å². The van der Waals surface area contributed by atoms with Crippen molar-refractivity contribution < 1.29 is 14.4 Å². The van der Waals surface area contributed by atoms with E-state index in [1.807, 2.05) is 24.3 Å². The summed E-state index contributed by atoms with van der Waals surface area (Å²) in [7, 11) is 0. The van der Waals surface area contributed by atoms with Crippen LogP contribution in [0.4, 0.5) is 11.4 Å². The molecule has 5 heteroatoms. The number of hydrogen-bond acceptors (Lipinski definition) is 3. The molecule has 0 saturated carbocycles. The van der Waals surface area contributed by atoms with Crippen molar-refractivity contribution in [1.82, 2.24) is 0 Å². The van der Waals surface area contributed by atoms with Crippen molar-refractivity contribution >= 4 is 29.0 Å². The van der Waals surface area contributed by atoms with Crippen LogP contribution in [-0.4, -0.2) is 17.6 Å². The first-order chi connectivity index (χ1) is 11.0. The van der Waals surface area contributed by atoms with Gasteiger partial charge in [0.05, 0.1) is 5.92 Å². The van der Waals surface area contributed by atoms with Gasteiger partial charge in [-0.15, -0.1) is 0 Å². The normalized spacial score (nSPS) is 15.7. The van der Waals surface area contributed by atoms with Gasteiger partial charge in [0, 0.05) is 23.4 Å². The largest absolute Gasteiger partial charge is 0.326 e. The van der Waals surface area contributed by atoms with Crippen molar-refractivity contribution in [2.24, 2.45) is 0 Å². The van der Waals surface area contributed by atoms with Crippen LogP contribution in [0.2, 0.25) is 0 Å². The first-order valence-corrected chi connectivity index (χ1v) is 7.35. The van der Waals surface area contributed by atoms with Gasteiger partial charge in [-0.3, -0.25) is 14.4 Å². The van der Waals surface area contributed by atoms with Crippen LogP contribution >= 0.6 is 0 Å². The minimum absolute atomic E-state index is 0.0258. The van der Waals surface area contributed by atoms with Gasteiger partial charge in [-0.25, -0.2) is 0 Å². The molecule has 3 rings (SSSR count). The molecule has 1 heterocycles. The fourth-order valence-electron chi connectivity index (χ4n) is 2.66. The number of benzene rings is 2. The Labute approximate surface area is 133 Å². The van der Waals surface area contributed by atoms with E-state index in [0.717, 1.165) is 11.3 Å². The van der Waals surface area contributed by atoms with Gasteiger partial charge in [-0.2, -0.15) is 0 Å². The molecule has 1 aliphatic heterocycles. The lowest BCUT2D eigenvalue weighted by Crippen LogP contribution is -2.20. The zero-order valence-corrected chi connectivity index (χ0v) is 12.6. The highest BCUT2D eigenvalue weighted by atomic mass is 16.2. The van der Waals surface area contributed by atoms with Gasteiger partial charge in [-0.1, -0.05) is 18.2 Å². The quantitative estimate of drug-likeness (QED) is 0.853. The molecule has 0 saturated heterocycles. The molecule has 1 unspecified atom stereocenters. The lowest BCUT2D eigenvalue weighted by molar-refractivity contribution is -0.122. The minimum Gasteiger partial charge on any atom is -0.326 e. The molecule has 0 fully saturated rings. The summed E-state index contributed by atoms with van der Waals surface area (Å²) in [5, 5.41) is 5.54. The zero-order chi connectivity index (χ0) is 16.4. The van der Waals surface area contributed by atoms with Gasteiger partial charge in [0.1, 0.15) is 0 Å². The highest BCUT2D eigenvalue weighted by molar-refractivity contribution is 6.06. The Balaban J connectivity index is 1.68. The van der Waals surface area contributed by atoms with Gasteiger partial charge < -0.3 is 10.6 Å². The number of fused-ring (bicyclic) bond motifs is 1. The highest BCUT2D eigenvalue weighted by Crippen LogP contribution is 2.34. The minimum atomic E-state index is -0.470. The fourth-order valence-corrected chi connectivity index (χ4v) is 2.66. The van der Waals surface area contributed by atoms with Crippen LogP contribution in [0.3, 0.4) is 0 Å². The van der Waals surface area contributed by atoms with Crippen molar-refractivity contribution in [3.63, 3.8) is 0 Å². The number of carbonyl (C=O) groups is 3. The van der Waals surface area contributed by atoms with Crippen molar-refractivity contribution in [3.8, 4) is 0 Å². The van der Waals surface area contributed by atoms with Crippen LogP contribution in [-0.2, 0) is 9.59 Å². The molecule has 5 nitrogen and oxygen atoms in total. The van der Waals surface area contributed by atoms with E-state index < -0.39 is 5.92 Å². The first kappa shape index (κ1) is 15.0. The molecule has 2 aromatic rings. The van der Waals surface area contributed by atoms with Gasteiger partial charge in [0.15, 0.2) is 5.78 Å². The molecule has 0 bridgehead atoms. The molecule has 1 atom stereocenters. The summed E-state index contributed by atoms with van der Waals surface area (Å²) in [6, 6.07) is 14.1. The Bertz CT molecular complexity index is 781. The molecule has 2 N–H and O–H groups in total. The topological polar surface area (TPSA) is 75.3 Å². The third kappa shape index (κ3) is 3.13. The van der Waals surface area contributed by atoms with E-state index in [2.05, 4.69) is 10.6 Å². The fraction of sp³-hybridized carbons (Fsp3) is 0.167. The molecular formula is C18H16N2O3. The smallest absolute Gasteiger partial charge is 0.232 e. The third-order valence-electron chi connectivity index (χ3n) is 3.88. The molecule has 2 amide bonds. The number of rotatable bonds is 4. The summed E-state index contributed by atoms with van der Waals surface area (Å²) in [5.41, 5.74) is 2.81. The number of para-hydroxylation sites is 1. The van der Waals surface area contributed by atoms with Crippen LogP contribution in [0.15, 0.2) is 48.5 Å². The maximum absolute atomic E-state index is 12.2. The Morgan fingerprint density at radius 2 is 1.78 bits per heavy atom. The SMILES string of the molecule is CC(=O)c1ccc(NC(=O)CC2C(=O)Nc3ccccc32)cc1. The summed E-state index contributed by atoms with van der Waals surface area (Å²) in [6.45, 7) is 1.49. The second-order valence-corrected chi connectivity index (χ2v) is 5.51. The first-order valence-electron chi connectivity index (χ1n) is 7.35. The molecule has 0 radical (unpaired) electrons. The molecule has 116 valence electrons. The molecule has 2 aromatic carbocycles. The number of amides is 2. The van der Waals surface area contributed by atoms with E-state index in [1.165, 1.54) is 6.92 Å². The van der Waals surface area contributed by atoms with Crippen molar-refractivity contribution in [3.05, 3.63) is 59.7 Å². The van der Waals surface area contributed by atoms with Crippen LogP contribution in [0.5, 0.6) is 0 Å². The summed E-state index contributed by atoms with van der Waals surface area (Å²) < 4.78 is 0. The van der Waals surface area contributed by atoms with E-state index in [4.69, 9.17) is 0 Å². The van der Waals surface area contributed by atoms with Gasteiger partial charge in [0.25, 0.3) is 0 Å². The third-order valence-corrected chi connectivity index (χ3v) is 3.88. The molecular weight excluding hydrogens is 292 g/mol. The molecule has 0 aromatic heterocycles. The summed E-state index contributed by atoms with van der Waals surface area (Å²) in [6.07, 6.45) is 0.0807. The van der Waals surface area contributed by atoms with Crippen molar-refractivity contribution in [1.29, 1.82) is 0 Å². The standard InChI is InChI=1S/C18H16N2O3/c1-11(21)12-6-8-13(9-7-12)19-17(22)10-15-14-4-2-3-5-16(14)20-18(15)23/h2-9,15H,10H2,1H3,(H,19,22)(H,20,23). The zero-order valence-electron chi connectivity index (χ0n) is 12.6. The summed E-state index contributed by atoms with van der Waals surface area (Å²) in [4.78, 5) is 35.4. The van der Waals surface area contributed by atoms with Gasteiger partial charge in [-0.05, 0) is 42.8 Å². The number of anilines is 2. The number of Topliss-reactive ketones (excluding diaryl/α,β-unsaturated/α-hetero) is 1. The second-order valence-electron chi connectivity index (χ2n) is 5.51. The number of carbonyl (C=O) groups excluding carboxylic acids is 3. The Kier molecular flexibility index (Phi) is 3.93. The number of nitrogens with one attached hydrogen (secondary N) is 2. The summed E-state index contributed by atoms with van der Waals surface area (Å²) >= 11 is 0. The van der Waals surface area contributed by atoms with Crippen molar-refractivity contribution in [2.45, 2.75) is 19.3 Å². The lowest BCUT2D eigenvalue weighted by atomic mass is 9.97. The molecule has 1 aliphatic rings. The monoisotopic (exact) mass is 308 g/mol. The Morgan fingerprint density at radius 3 is 2.48 bits per heavy atom. The Morgan fingerprint density at radius 1 is 1.09 bits per heavy atom. The van der Waals surface area contributed by atoms with E-state index in [9.17, 15) is 14.4 Å². The predicted molar refractivity (Wildman–Crippen MR) is 87.5 cm³/mol. The van der Waals surface area contributed by atoms with Crippen LogP contribution < -0.4 is 10.6 Å². The van der Waals surface area contributed by atoms with Gasteiger partial charge >= 0.3 is 0 Å². The van der Waals surface area contributed by atoms with E-state index in [-0.39, 0.29) is 24.0 Å². The van der Waals surface area contributed by atoms with Crippen molar-refractivity contribution in [2.75, 3.05) is 10.6 Å². The molecule has 0 aliphatic carbocycles. The van der Waals surface area contributed by atoms with E-state index >= 15 is 0 Å². The van der Waals surface area contributed by atoms with E-state index in [1.54, 1.807) is 24.3 Å². The van der Waals surface area contributed by atoms with Crippen LogP contribution in [0.25, 0.3) is 0 Å². The Hall–Kier alpha value is -2.95. The molecule has 23 heavy (non-hydrogen) atoms. The summed E-state index contributed by atoms with van der Waals surface area (Å²) in [5.74, 6) is -0.893. The maximum Gasteiger partial charge on any atom is 0.232 e. The molecule has 0 spiro atoms. The average molecular weight is 308 g/mol. The second kappa shape index (κ2) is 6.04. The highest BCUT2D eigenvalue weighted by Gasteiger charge is 2.31. The lowest BCUT2D eigenvalue weighted by Gasteiger charge is -2.10. The number of hydrogen-bond donors (Lipinski definition) is 2. The van der Waals surface area contributed by atoms with Crippen LogP contribution in [0, 0.1) is 0 Å². The number of ketones is 1.